The van der Waals surface area contributed by atoms with Crippen LogP contribution in [0.25, 0.3) is 11.0 Å². The van der Waals surface area contributed by atoms with E-state index in [1.807, 2.05) is 69.8 Å². The van der Waals surface area contributed by atoms with Gasteiger partial charge in [-0.05, 0) is 70.0 Å². The van der Waals surface area contributed by atoms with Crippen LogP contribution in [0, 0.1) is 0 Å². The van der Waals surface area contributed by atoms with Gasteiger partial charge in [0.25, 0.3) is 0 Å². The number of benzene rings is 2. The first-order chi connectivity index (χ1) is 17.4. The molecule has 192 valence electrons. The summed E-state index contributed by atoms with van der Waals surface area (Å²) in [5.74, 6) is 1.66. The zero-order valence-corrected chi connectivity index (χ0v) is 22.1. The molecule has 7 heteroatoms. The number of para-hydroxylation sites is 2. The number of hydrogen-bond acceptors (Lipinski definition) is 4. The highest BCUT2D eigenvalue weighted by Crippen LogP contribution is 2.34. The average molecular weight is 491 g/mol. The van der Waals surface area contributed by atoms with Crippen LogP contribution in [0.4, 0.5) is 5.69 Å². The summed E-state index contributed by atoms with van der Waals surface area (Å²) in [7, 11) is 0. The van der Waals surface area contributed by atoms with Crippen LogP contribution in [-0.4, -0.2) is 51.5 Å². The number of aromatic nitrogens is 2. The van der Waals surface area contributed by atoms with E-state index in [1.165, 1.54) is 0 Å². The molecule has 4 rings (SSSR count). The van der Waals surface area contributed by atoms with E-state index in [0.717, 1.165) is 41.1 Å². The number of carbonyl (C=O) groups excluding carboxylic acids is 2. The third-order valence-electron chi connectivity index (χ3n) is 7.35. The molecule has 0 aliphatic carbocycles. The van der Waals surface area contributed by atoms with Gasteiger partial charge in [0.2, 0.25) is 11.8 Å². The van der Waals surface area contributed by atoms with E-state index in [-0.39, 0.29) is 36.4 Å². The second-order valence-corrected chi connectivity index (χ2v) is 9.69. The van der Waals surface area contributed by atoms with Crippen LogP contribution in [0.3, 0.4) is 0 Å². The average Bonchev–Trinajstić information content (AvgIpc) is 3.45. The summed E-state index contributed by atoms with van der Waals surface area (Å²) in [6, 6.07) is 15.9. The third-order valence-corrected chi connectivity index (χ3v) is 7.35. The lowest BCUT2D eigenvalue weighted by Gasteiger charge is -2.34. The van der Waals surface area contributed by atoms with E-state index in [2.05, 4.69) is 27.7 Å². The molecule has 1 aliphatic rings. The molecule has 7 nitrogen and oxygen atoms in total. The maximum atomic E-state index is 13.6. The Morgan fingerprint density at radius 3 is 2.36 bits per heavy atom. The standard InChI is InChI=1S/C29H38N4O3/c1-6-20(4)33(21(5)7-2)28(35)19-32-26-12-10-9-11-25(26)30-29(32)22-17-27(34)31(18-22)23-13-15-24(16-14-23)36-8-3/h9-16,20-22H,6-8,17-19H2,1-5H3. The summed E-state index contributed by atoms with van der Waals surface area (Å²) in [5.41, 5.74) is 2.64. The molecular weight excluding hydrogens is 452 g/mol. The van der Waals surface area contributed by atoms with Gasteiger partial charge < -0.3 is 19.1 Å². The second kappa shape index (κ2) is 11.1. The van der Waals surface area contributed by atoms with Gasteiger partial charge in [-0.1, -0.05) is 26.0 Å². The van der Waals surface area contributed by atoms with Crippen LogP contribution >= 0.6 is 0 Å². The molecule has 0 N–H and O–H groups in total. The summed E-state index contributed by atoms with van der Waals surface area (Å²) in [6.45, 7) is 11.8. The number of fused-ring (bicyclic) bond motifs is 1. The first-order valence-corrected chi connectivity index (χ1v) is 13.2. The van der Waals surface area contributed by atoms with E-state index in [0.29, 0.717) is 19.6 Å². The molecule has 1 aromatic heterocycles. The summed E-state index contributed by atoms with van der Waals surface area (Å²) in [4.78, 5) is 35.5. The molecule has 3 unspecified atom stereocenters. The van der Waals surface area contributed by atoms with Crippen LogP contribution in [0.5, 0.6) is 5.75 Å². The predicted octanol–water partition coefficient (Wildman–Crippen LogP) is 5.38. The zero-order chi connectivity index (χ0) is 25.8. The lowest BCUT2D eigenvalue weighted by Crippen LogP contribution is -2.46. The maximum absolute atomic E-state index is 13.6. The quantitative estimate of drug-likeness (QED) is 0.383. The SMILES string of the molecule is CCOc1ccc(N2CC(c3nc4ccccc4n3CC(=O)N(C(C)CC)C(C)CC)CC2=O)cc1. The lowest BCUT2D eigenvalue weighted by atomic mass is 10.1. The van der Waals surface area contributed by atoms with Gasteiger partial charge in [-0.15, -0.1) is 0 Å². The highest BCUT2D eigenvalue weighted by Gasteiger charge is 2.35. The fraction of sp³-hybridized carbons (Fsp3) is 0.483. The molecule has 2 amide bonds. The third kappa shape index (κ3) is 5.11. The number of anilines is 1. The molecular formula is C29H38N4O3. The highest BCUT2D eigenvalue weighted by molar-refractivity contribution is 5.96. The maximum Gasteiger partial charge on any atom is 0.243 e. The first-order valence-electron chi connectivity index (χ1n) is 13.2. The fourth-order valence-electron chi connectivity index (χ4n) is 5.13. The molecule has 1 saturated heterocycles. The van der Waals surface area contributed by atoms with Crippen molar-refractivity contribution in [2.24, 2.45) is 0 Å². The van der Waals surface area contributed by atoms with Crippen molar-refractivity contribution >= 4 is 28.5 Å². The van der Waals surface area contributed by atoms with Crippen molar-refractivity contribution in [1.29, 1.82) is 0 Å². The number of imidazole rings is 1. The molecule has 0 spiro atoms. The molecule has 1 fully saturated rings. The van der Waals surface area contributed by atoms with Crippen molar-refractivity contribution in [2.45, 2.75) is 78.4 Å². The minimum atomic E-state index is -0.0927. The molecule has 0 bridgehead atoms. The number of hydrogen-bond donors (Lipinski definition) is 0. The van der Waals surface area contributed by atoms with E-state index in [4.69, 9.17) is 9.72 Å². The van der Waals surface area contributed by atoms with Gasteiger partial charge in [-0.2, -0.15) is 0 Å². The molecule has 0 radical (unpaired) electrons. The smallest absolute Gasteiger partial charge is 0.243 e. The lowest BCUT2D eigenvalue weighted by molar-refractivity contribution is -0.136. The Morgan fingerprint density at radius 1 is 1.06 bits per heavy atom. The second-order valence-electron chi connectivity index (χ2n) is 9.69. The minimum Gasteiger partial charge on any atom is -0.494 e. The Bertz CT molecular complexity index is 1190. The van der Waals surface area contributed by atoms with Gasteiger partial charge in [0.05, 0.1) is 17.6 Å². The van der Waals surface area contributed by atoms with E-state index >= 15 is 0 Å². The molecule has 0 saturated carbocycles. The highest BCUT2D eigenvalue weighted by atomic mass is 16.5. The van der Waals surface area contributed by atoms with Gasteiger partial charge in [0.1, 0.15) is 18.1 Å². The van der Waals surface area contributed by atoms with Crippen molar-refractivity contribution in [3.63, 3.8) is 0 Å². The van der Waals surface area contributed by atoms with Crippen molar-refractivity contribution < 1.29 is 14.3 Å². The largest absolute Gasteiger partial charge is 0.494 e. The number of nitrogens with zero attached hydrogens (tertiary/aromatic N) is 4. The van der Waals surface area contributed by atoms with Crippen LogP contribution in [-0.2, 0) is 16.1 Å². The fourth-order valence-corrected chi connectivity index (χ4v) is 5.13. The van der Waals surface area contributed by atoms with Crippen molar-refractivity contribution in [1.82, 2.24) is 14.5 Å². The van der Waals surface area contributed by atoms with Gasteiger partial charge in [-0.3, -0.25) is 9.59 Å². The van der Waals surface area contributed by atoms with Crippen molar-refractivity contribution in [3.05, 3.63) is 54.4 Å². The molecule has 3 atom stereocenters. The molecule has 3 aromatic rings. The molecule has 2 aromatic carbocycles. The zero-order valence-electron chi connectivity index (χ0n) is 22.1. The van der Waals surface area contributed by atoms with Crippen LogP contribution in [0.15, 0.2) is 48.5 Å². The van der Waals surface area contributed by atoms with Gasteiger partial charge in [-0.25, -0.2) is 4.98 Å². The number of amides is 2. The van der Waals surface area contributed by atoms with E-state index in [1.54, 1.807) is 0 Å². The van der Waals surface area contributed by atoms with Gasteiger partial charge in [0, 0.05) is 36.7 Å². The van der Waals surface area contributed by atoms with Gasteiger partial charge >= 0.3 is 0 Å². The normalized spacial score (nSPS) is 17.4. The monoisotopic (exact) mass is 490 g/mol. The summed E-state index contributed by atoms with van der Waals surface area (Å²) in [6.07, 6.45) is 2.18. The molecule has 1 aliphatic heterocycles. The van der Waals surface area contributed by atoms with Crippen molar-refractivity contribution in [2.75, 3.05) is 18.1 Å². The number of rotatable bonds is 10. The number of ether oxygens (including phenoxy) is 1. The van der Waals surface area contributed by atoms with Crippen LogP contribution < -0.4 is 9.64 Å². The Kier molecular flexibility index (Phi) is 7.97. The Balaban J connectivity index is 1.64. The Hall–Kier alpha value is -3.35. The Labute approximate surface area is 214 Å². The van der Waals surface area contributed by atoms with Crippen LogP contribution in [0.2, 0.25) is 0 Å². The van der Waals surface area contributed by atoms with Gasteiger partial charge in [0.15, 0.2) is 0 Å². The minimum absolute atomic E-state index is 0.0647. The topological polar surface area (TPSA) is 67.7 Å². The predicted molar refractivity (Wildman–Crippen MR) is 143 cm³/mol. The Morgan fingerprint density at radius 2 is 1.72 bits per heavy atom. The van der Waals surface area contributed by atoms with E-state index in [9.17, 15) is 9.59 Å². The van der Waals surface area contributed by atoms with Crippen LogP contribution in [0.1, 0.15) is 65.6 Å². The summed E-state index contributed by atoms with van der Waals surface area (Å²) < 4.78 is 7.58. The summed E-state index contributed by atoms with van der Waals surface area (Å²) in [5, 5.41) is 0. The first kappa shape index (κ1) is 25.7. The summed E-state index contributed by atoms with van der Waals surface area (Å²) >= 11 is 0. The number of carbonyl (C=O) groups is 2. The molecule has 2 heterocycles. The van der Waals surface area contributed by atoms with Crippen molar-refractivity contribution in [3.8, 4) is 5.75 Å². The molecule has 36 heavy (non-hydrogen) atoms. The van der Waals surface area contributed by atoms with E-state index < -0.39 is 0 Å².